The van der Waals surface area contributed by atoms with E-state index < -0.39 is 16.6 Å². The largest absolute Gasteiger partial charge is 0.415 e. The summed E-state index contributed by atoms with van der Waals surface area (Å²) >= 11 is 4.13. The third-order valence-corrected chi connectivity index (χ3v) is 22.1. The molecule has 0 amide bonds. The molecule has 0 aliphatic carbocycles. The summed E-state index contributed by atoms with van der Waals surface area (Å²) in [7, 11) is -4.55. The minimum Gasteiger partial charge on any atom is -0.415 e. The average Bonchev–Trinajstić information content (AvgIpc) is 3.34. The molecule has 5 rings (SSSR count). The molecule has 0 spiro atoms. The zero-order valence-corrected chi connectivity index (χ0v) is 32.6. The molecule has 1 aromatic heterocycles. The minimum absolute atomic E-state index is 0.0894. The van der Waals surface area contributed by atoms with Gasteiger partial charge in [0.15, 0.2) is 8.32 Å². The Labute approximate surface area is 288 Å². The quantitative estimate of drug-likeness (QED) is 0.129. The fourth-order valence-electron chi connectivity index (χ4n) is 6.22. The first-order valence-electron chi connectivity index (χ1n) is 16.6. The van der Waals surface area contributed by atoms with Gasteiger partial charge in [0.05, 0.1) is 23.5 Å². The van der Waals surface area contributed by atoms with Crippen LogP contribution >= 0.6 is 23.5 Å². The van der Waals surface area contributed by atoms with E-state index in [0.717, 1.165) is 12.2 Å². The maximum atomic E-state index is 7.18. The van der Waals surface area contributed by atoms with Crippen LogP contribution in [0.5, 0.6) is 0 Å². The van der Waals surface area contributed by atoms with Gasteiger partial charge in [-0.1, -0.05) is 126 Å². The van der Waals surface area contributed by atoms with Crippen LogP contribution in [0.15, 0.2) is 84.9 Å². The van der Waals surface area contributed by atoms with Gasteiger partial charge in [0.1, 0.15) is 0 Å². The van der Waals surface area contributed by atoms with E-state index in [1.165, 1.54) is 44.8 Å². The number of para-hydroxylation sites is 1. The van der Waals surface area contributed by atoms with Crippen LogP contribution in [-0.4, -0.2) is 45.9 Å². The molecule has 1 saturated heterocycles. The molecule has 0 bridgehead atoms. The number of thioether (sulfide) groups is 2. The summed E-state index contributed by atoms with van der Waals surface area (Å²) in [5.74, 6) is 9.66. The highest BCUT2D eigenvalue weighted by Crippen LogP contribution is 2.48. The van der Waals surface area contributed by atoms with Crippen LogP contribution in [0.1, 0.15) is 63.8 Å². The van der Waals surface area contributed by atoms with Crippen molar-refractivity contribution in [1.29, 1.82) is 0 Å². The van der Waals surface area contributed by atoms with Crippen molar-refractivity contribution in [2.24, 2.45) is 0 Å². The lowest BCUT2D eigenvalue weighted by atomic mass is 10.1. The predicted molar refractivity (Wildman–Crippen MR) is 208 cm³/mol. The second kappa shape index (κ2) is 14.5. The molecule has 46 heavy (non-hydrogen) atoms. The number of hydrogen-bond acceptors (Lipinski definition) is 4. The molecule has 0 atom stereocenters. The van der Waals surface area contributed by atoms with Gasteiger partial charge in [-0.25, -0.2) is 0 Å². The summed E-state index contributed by atoms with van der Waals surface area (Å²) in [6, 6.07) is 30.6. The van der Waals surface area contributed by atoms with E-state index in [0.29, 0.717) is 17.8 Å². The number of hydrogen-bond donors (Lipinski definition) is 0. The second-order valence-corrected chi connectivity index (χ2v) is 26.6. The molecule has 0 unspecified atom stereocenters. The summed E-state index contributed by atoms with van der Waals surface area (Å²) in [6.07, 6.45) is 1.26. The van der Waals surface area contributed by atoms with Crippen molar-refractivity contribution < 1.29 is 8.85 Å². The molecule has 1 aliphatic heterocycles. The van der Waals surface area contributed by atoms with E-state index in [-0.39, 0.29) is 10.1 Å². The van der Waals surface area contributed by atoms with Gasteiger partial charge in [0.25, 0.3) is 8.32 Å². The van der Waals surface area contributed by atoms with Crippen LogP contribution in [0.3, 0.4) is 0 Å². The molecule has 7 heteroatoms. The van der Waals surface area contributed by atoms with Gasteiger partial charge in [-0.15, -0.1) is 23.5 Å². The van der Waals surface area contributed by atoms with Crippen molar-refractivity contribution in [2.75, 3.05) is 24.7 Å². The summed E-state index contributed by atoms with van der Waals surface area (Å²) in [5, 5.41) is 3.96. The third-order valence-electron chi connectivity index (χ3n) is 9.64. The Hall–Kier alpha value is -2.19. The number of rotatable bonds is 9. The predicted octanol–water partition coefficient (Wildman–Crippen LogP) is 9.46. The van der Waals surface area contributed by atoms with Crippen molar-refractivity contribution in [3.8, 4) is 11.8 Å². The number of fused-ring (bicyclic) bond motifs is 1. The molecular formula is C39H51NO2S2Si2. The smallest absolute Gasteiger partial charge is 0.262 e. The van der Waals surface area contributed by atoms with Crippen molar-refractivity contribution in [1.82, 2.24) is 4.57 Å². The van der Waals surface area contributed by atoms with Gasteiger partial charge >= 0.3 is 0 Å². The maximum absolute atomic E-state index is 7.18. The second-order valence-electron chi connectivity index (χ2n) is 14.7. The standard InChI is InChI=1S/C39H51NO2S2Si2/c1-38(2,3)45(7,8)41-28-26-40-34-24-16-15-23-33(34)36(37-43-29-18-30-44-37)35(40)25-17-27-42-46(39(4,5)6,31-19-11-9-12-20-31)32-21-13-10-14-22-32/h9-16,19-24,37H,18,26-30H2,1-8H3. The molecule has 0 radical (unpaired) electrons. The van der Waals surface area contributed by atoms with E-state index in [2.05, 4.69) is 179 Å². The maximum Gasteiger partial charge on any atom is 0.262 e. The van der Waals surface area contributed by atoms with E-state index >= 15 is 0 Å². The lowest BCUT2D eigenvalue weighted by Crippen LogP contribution is -2.66. The van der Waals surface area contributed by atoms with Crippen LogP contribution in [0.2, 0.25) is 23.2 Å². The molecule has 244 valence electrons. The summed E-state index contributed by atoms with van der Waals surface area (Å²) in [5.41, 5.74) is 3.74. The molecular weight excluding hydrogens is 635 g/mol. The lowest BCUT2D eigenvalue weighted by Gasteiger charge is -2.42. The summed E-state index contributed by atoms with van der Waals surface area (Å²) in [6.45, 7) is 20.4. The molecule has 3 aromatic carbocycles. The van der Waals surface area contributed by atoms with Crippen molar-refractivity contribution in [3.05, 3.63) is 96.2 Å². The molecule has 0 saturated carbocycles. The van der Waals surface area contributed by atoms with Crippen LogP contribution < -0.4 is 10.4 Å². The molecule has 4 aromatic rings. The van der Waals surface area contributed by atoms with Gasteiger partial charge in [0, 0.05) is 23.0 Å². The lowest BCUT2D eigenvalue weighted by molar-refractivity contribution is 0.273. The fourth-order valence-corrected chi connectivity index (χ4v) is 14.7. The molecule has 2 heterocycles. The summed E-state index contributed by atoms with van der Waals surface area (Å²) < 4.78 is 16.7. The van der Waals surface area contributed by atoms with Crippen LogP contribution in [0.4, 0.5) is 0 Å². The normalized spacial score (nSPS) is 15.1. The highest BCUT2D eigenvalue weighted by Gasteiger charge is 2.50. The molecule has 1 fully saturated rings. The van der Waals surface area contributed by atoms with Gasteiger partial charge in [-0.05, 0) is 63.5 Å². The average molecular weight is 686 g/mol. The fraction of sp³-hybridized carbons (Fsp3) is 0.436. The monoisotopic (exact) mass is 685 g/mol. The first-order valence-corrected chi connectivity index (χ1v) is 23.5. The Balaban J connectivity index is 1.55. The topological polar surface area (TPSA) is 23.4 Å². The Bertz CT molecular complexity index is 1620. The van der Waals surface area contributed by atoms with Crippen LogP contribution in [0, 0.1) is 11.8 Å². The van der Waals surface area contributed by atoms with E-state index in [1.807, 2.05) is 0 Å². The van der Waals surface area contributed by atoms with Gasteiger partial charge in [0.2, 0.25) is 0 Å². The first-order chi connectivity index (χ1) is 21.9. The number of nitrogens with zero attached hydrogens (tertiary/aromatic N) is 1. The van der Waals surface area contributed by atoms with Crippen molar-refractivity contribution in [2.45, 2.75) is 82.3 Å². The first kappa shape index (κ1) is 35.1. The Morgan fingerprint density at radius 1 is 0.761 bits per heavy atom. The number of aromatic nitrogens is 1. The van der Waals surface area contributed by atoms with Crippen LogP contribution in [0.25, 0.3) is 10.9 Å². The van der Waals surface area contributed by atoms with Crippen molar-refractivity contribution >= 4 is 61.4 Å². The zero-order chi connectivity index (χ0) is 33.0. The molecule has 1 aliphatic rings. The number of benzene rings is 3. The highest BCUT2D eigenvalue weighted by atomic mass is 32.2. The van der Waals surface area contributed by atoms with E-state index in [1.54, 1.807) is 0 Å². The SMILES string of the molecule is CC(C)(C)[Si](C)(C)OCCn1c(C#CCO[Si](c2ccccc2)(c2ccccc2)C(C)(C)C)c(C2SCCCS2)c2ccccc21. The van der Waals surface area contributed by atoms with E-state index in [4.69, 9.17) is 8.85 Å². The van der Waals surface area contributed by atoms with Gasteiger partial charge < -0.3 is 13.4 Å². The molecule has 3 nitrogen and oxygen atoms in total. The Morgan fingerprint density at radius 2 is 1.33 bits per heavy atom. The zero-order valence-electron chi connectivity index (χ0n) is 29.0. The third kappa shape index (κ3) is 7.28. The minimum atomic E-state index is -2.67. The van der Waals surface area contributed by atoms with Crippen LogP contribution in [-0.2, 0) is 15.4 Å². The Kier molecular flexibility index (Phi) is 11.1. The highest BCUT2D eigenvalue weighted by molar-refractivity contribution is 8.16. The summed E-state index contributed by atoms with van der Waals surface area (Å²) in [4.78, 5) is 0. The van der Waals surface area contributed by atoms with Gasteiger partial charge in [-0.3, -0.25) is 0 Å². The van der Waals surface area contributed by atoms with Gasteiger partial charge in [-0.2, -0.15) is 0 Å². The Morgan fingerprint density at radius 3 is 1.89 bits per heavy atom. The van der Waals surface area contributed by atoms with E-state index in [9.17, 15) is 0 Å². The molecule has 0 N–H and O–H groups in total. The van der Waals surface area contributed by atoms with Crippen molar-refractivity contribution in [3.63, 3.8) is 0 Å².